The molecule has 1 aromatic carbocycles. The number of aromatic nitrogens is 1. The Morgan fingerprint density at radius 3 is 2.55 bits per heavy atom. The lowest BCUT2D eigenvalue weighted by Gasteiger charge is -2.39. The summed E-state index contributed by atoms with van der Waals surface area (Å²) in [7, 11) is 0. The molecule has 2 fully saturated rings. The van der Waals surface area contributed by atoms with E-state index in [4.69, 9.17) is 4.74 Å². The maximum absolute atomic E-state index is 13.0. The molecule has 3 N–H and O–H groups in total. The number of ether oxygens (including phenoxy) is 1. The van der Waals surface area contributed by atoms with Crippen molar-refractivity contribution >= 4 is 11.8 Å². The summed E-state index contributed by atoms with van der Waals surface area (Å²) in [5.41, 5.74) is -0.479. The lowest BCUT2D eigenvalue weighted by atomic mass is 9.79. The van der Waals surface area contributed by atoms with Gasteiger partial charge in [0.1, 0.15) is 5.60 Å². The smallest absolute Gasteiger partial charge is 0.384 e. The predicted molar refractivity (Wildman–Crippen MR) is 142 cm³/mol. The molecule has 40 heavy (non-hydrogen) atoms. The number of alkyl halides is 3. The summed E-state index contributed by atoms with van der Waals surface area (Å²) in [5.74, 6) is -1.20. The molecule has 0 unspecified atom stereocenters. The van der Waals surface area contributed by atoms with Crippen LogP contribution < -0.4 is 10.6 Å². The molecule has 2 aromatic rings. The second kappa shape index (κ2) is 12.7. The van der Waals surface area contributed by atoms with Crippen LogP contribution in [0.5, 0.6) is 0 Å². The molecule has 0 spiro atoms. The summed E-state index contributed by atoms with van der Waals surface area (Å²) in [4.78, 5) is 31.9. The number of aliphatic hydroxyl groups is 1. The van der Waals surface area contributed by atoms with E-state index in [1.807, 2.05) is 32.0 Å². The van der Waals surface area contributed by atoms with E-state index in [0.29, 0.717) is 38.2 Å². The van der Waals surface area contributed by atoms with Crippen LogP contribution in [0.3, 0.4) is 0 Å². The summed E-state index contributed by atoms with van der Waals surface area (Å²) >= 11 is 0. The number of likely N-dealkylation sites (tertiary alicyclic amines) is 1. The van der Waals surface area contributed by atoms with E-state index in [1.165, 1.54) is 6.07 Å². The number of hydrogen-bond donors (Lipinski definition) is 3. The molecule has 1 saturated heterocycles. The number of aryl methyl sites for hydroxylation is 1. The van der Waals surface area contributed by atoms with E-state index in [9.17, 15) is 27.9 Å². The Balaban J connectivity index is 1.32. The minimum absolute atomic E-state index is 0.169. The fourth-order valence-electron chi connectivity index (χ4n) is 5.54. The molecule has 1 saturated carbocycles. The molecule has 2 amide bonds. The van der Waals surface area contributed by atoms with Crippen LogP contribution in [-0.2, 0) is 21.3 Å². The van der Waals surface area contributed by atoms with E-state index in [1.54, 1.807) is 0 Å². The Hall–Kier alpha value is -3.02. The summed E-state index contributed by atoms with van der Waals surface area (Å²) < 4.78 is 44.9. The van der Waals surface area contributed by atoms with Gasteiger partial charge in [0.2, 0.25) is 5.91 Å². The number of nitrogens with zero attached hydrogens (tertiary/aromatic N) is 2. The van der Waals surface area contributed by atoms with Gasteiger partial charge in [-0.15, -0.1) is 0 Å². The number of hydrogen-bond acceptors (Lipinski definition) is 6. The van der Waals surface area contributed by atoms with E-state index in [0.717, 1.165) is 43.2 Å². The molecular weight excluding hydrogens is 525 g/mol. The molecule has 1 aromatic heterocycles. The summed E-state index contributed by atoms with van der Waals surface area (Å²) in [6.07, 6.45) is -1.25. The molecule has 4 rings (SSSR count). The fraction of sp³-hybridized carbons (Fsp3) is 0.552. The monoisotopic (exact) mass is 562 g/mol. The Bertz CT molecular complexity index is 1180. The van der Waals surface area contributed by atoms with Crippen LogP contribution in [-0.4, -0.2) is 71.2 Å². The highest BCUT2D eigenvalue weighted by Crippen LogP contribution is 2.39. The van der Waals surface area contributed by atoms with Crippen LogP contribution >= 0.6 is 0 Å². The van der Waals surface area contributed by atoms with Crippen molar-refractivity contribution in [1.82, 2.24) is 20.5 Å². The van der Waals surface area contributed by atoms with Gasteiger partial charge in [0.25, 0.3) is 5.91 Å². The largest absolute Gasteiger partial charge is 0.416 e. The number of carbonyl (C=O) groups is 2. The van der Waals surface area contributed by atoms with Crippen molar-refractivity contribution in [3.8, 4) is 0 Å². The first-order valence-corrected chi connectivity index (χ1v) is 13.8. The van der Waals surface area contributed by atoms with E-state index in [-0.39, 0.29) is 30.3 Å². The number of benzene rings is 1. The first kappa shape index (κ1) is 30.0. The molecule has 1 aliphatic heterocycles. The Kier molecular flexibility index (Phi) is 9.48. The van der Waals surface area contributed by atoms with Crippen molar-refractivity contribution in [3.63, 3.8) is 0 Å². The molecular formula is C29H37F3N4O4. The average Bonchev–Trinajstić information content (AvgIpc) is 3.32. The number of halogens is 3. The van der Waals surface area contributed by atoms with Crippen LogP contribution in [0.2, 0.25) is 0 Å². The quantitative estimate of drug-likeness (QED) is 0.432. The van der Waals surface area contributed by atoms with Gasteiger partial charge in [-0.3, -0.25) is 19.5 Å². The molecule has 2 atom stereocenters. The molecule has 218 valence electrons. The Morgan fingerprint density at radius 2 is 1.88 bits per heavy atom. The minimum atomic E-state index is -4.57. The first-order chi connectivity index (χ1) is 19.0. The topological polar surface area (TPSA) is 104 Å². The van der Waals surface area contributed by atoms with Gasteiger partial charge in [-0.2, -0.15) is 13.2 Å². The van der Waals surface area contributed by atoms with Crippen molar-refractivity contribution in [2.45, 2.75) is 75.9 Å². The molecule has 1 aliphatic carbocycles. The Morgan fingerprint density at radius 1 is 1.15 bits per heavy atom. The van der Waals surface area contributed by atoms with Gasteiger partial charge >= 0.3 is 6.18 Å². The highest BCUT2D eigenvalue weighted by Gasteiger charge is 2.42. The minimum Gasteiger partial charge on any atom is -0.384 e. The molecule has 11 heteroatoms. The standard InChI is InChI=1S/C29H37F3N4O4/c1-3-14-40-24-18-36(22-10-12-28(39,13-11-22)25-9-4-6-19(2)34-25)17-23(24)35-26(37)16-33-27(38)20-7-5-8-21(15-20)29(30,31)32/h4-9,15,22-24,39H,3,10-14,16-18H2,1-2H3,(H,33,38)(H,35,37)/t22?,23-,24-,28?/m0/s1. The third-order valence-corrected chi connectivity index (χ3v) is 7.70. The lowest BCUT2D eigenvalue weighted by Crippen LogP contribution is -2.48. The molecule has 8 nitrogen and oxygen atoms in total. The van der Waals surface area contributed by atoms with Crippen molar-refractivity contribution in [1.29, 1.82) is 0 Å². The highest BCUT2D eigenvalue weighted by atomic mass is 19.4. The highest BCUT2D eigenvalue weighted by molar-refractivity contribution is 5.96. The SMILES string of the molecule is CCCO[C@H]1CN(C2CCC(O)(c3cccc(C)n3)CC2)C[C@@H]1NC(=O)CNC(=O)c1cccc(C(F)(F)F)c1. The van der Waals surface area contributed by atoms with E-state index in [2.05, 4.69) is 20.5 Å². The van der Waals surface area contributed by atoms with Gasteiger partial charge < -0.3 is 20.5 Å². The zero-order valence-corrected chi connectivity index (χ0v) is 22.8. The fourth-order valence-corrected chi connectivity index (χ4v) is 5.54. The number of carbonyl (C=O) groups excluding carboxylic acids is 2. The van der Waals surface area contributed by atoms with Gasteiger partial charge in [0.15, 0.2) is 0 Å². The molecule has 0 bridgehead atoms. The van der Waals surface area contributed by atoms with Gasteiger partial charge in [-0.1, -0.05) is 19.1 Å². The summed E-state index contributed by atoms with van der Waals surface area (Å²) in [5, 5.41) is 16.6. The lowest BCUT2D eigenvalue weighted by molar-refractivity contribution is -0.137. The van der Waals surface area contributed by atoms with Crippen molar-refractivity contribution < 1.29 is 32.6 Å². The van der Waals surface area contributed by atoms with Crippen molar-refractivity contribution in [2.24, 2.45) is 0 Å². The van der Waals surface area contributed by atoms with Crippen molar-refractivity contribution in [2.75, 3.05) is 26.2 Å². The van der Waals surface area contributed by atoms with Crippen LogP contribution in [0.4, 0.5) is 13.2 Å². The first-order valence-electron chi connectivity index (χ1n) is 13.8. The van der Waals surface area contributed by atoms with Gasteiger partial charge in [-0.05, 0) is 69.4 Å². The second-order valence-corrected chi connectivity index (χ2v) is 10.7. The van der Waals surface area contributed by atoms with Crippen LogP contribution in [0, 0.1) is 6.92 Å². The number of amides is 2. The van der Waals surface area contributed by atoms with Crippen LogP contribution in [0.25, 0.3) is 0 Å². The third kappa shape index (κ3) is 7.38. The number of rotatable bonds is 9. The zero-order chi connectivity index (χ0) is 28.9. The van der Waals surface area contributed by atoms with Gasteiger partial charge in [0, 0.05) is 37.0 Å². The molecule has 2 heterocycles. The van der Waals surface area contributed by atoms with E-state index >= 15 is 0 Å². The van der Waals surface area contributed by atoms with Crippen molar-refractivity contribution in [3.05, 3.63) is 65.0 Å². The van der Waals surface area contributed by atoms with Crippen LogP contribution in [0.15, 0.2) is 42.5 Å². The molecule has 0 radical (unpaired) electrons. The summed E-state index contributed by atoms with van der Waals surface area (Å²) in [6, 6.07) is 9.68. The maximum Gasteiger partial charge on any atom is 0.416 e. The normalized spacial score (nSPS) is 25.5. The van der Waals surface area contributed by atoms with E-state index < -0.39 is 29.2 Å². The maximum atomic E-state index is 13.0. The average molecular weight is 563 g/mol. The molecule has 2 aliphatic rings. The zero-order valence-electron chi connectivity index (χ0n) is 22.8. The predicted octanol–water partition coefficient (Wildman–Crippen LogP) is 3.56. The summed E-state index contributed by atoms with van der Waals surface area (Å²) in [6.45, 7) is 5.28. The van der Waals surface area contributed by atoms with Gasteiger partial charge in [-0.25, -0.2) is 0 Å². The van der Waals surface area contributed by atoms with Crippen LogP contribution in [0.1, 0.15) is 66.3 Å². The number of nitrogens with one attached hydrogen (secondary N) is 2. The van der Waals surface area contributed by atoms with Gasteiger partial charge in [0.05, 0.1) is 29.9 Å². The third-order valence-electron chi connectivity index (χ3n) is 7.70. The Labute approximate surface area is 232 Å². The second-order valence-electron chi connectivity index (χ2n) is 10.7. The number of pyridine rings is 1.